The van der Waals surface area contributed by atoms with Gasteiger partial charge in [-0.3, -0.25) is 4.79 Å². The first-order valence-electron chi connectivity index (χ1n) is 9.10. The summed E-state index contributed by atoms with van der Waals surface area (Å²) < 4.78 is 34.0. The van der Waals surface area contributed by atoms with Crippen molar-refractivity contribution >= 4 is 11.9 Å². The van der Waals surface area contributed by atoms with Crippen LogP contribution < -0.4 is 10.1 Å². The van der Waals surface area contributed by atoms with Crippen molar-refractivity contribution in [3.05, 3.63) is 83.1 Å². The molecule has 0 unspecified atom stereocenters. The summed E-state index contributed by atoms with van der Waals surface area (Å²) in [6.45, 7) is 1.91. The molecule has 1 aromatic heterocycles. The van der Waals surface area contributed by atoms with Gasteiger partial charge >= 0.3 is 0 Å². The van der Waals surface area contributed by atoms with Crippen molar-refractivity contribution in [1.82, 2.24) is 14.9 Å². The minimum atomic E-state index is -0.927. The third-order valence-corrected chi connectivity index (χ3v) is 4.87. The molecule has 2 heterocycles. The van der Waals surface area contributed by atoms with Gasteiger partial charge in [-0.2, -0.15) is 0 Å². The molecule has 1 aliphatic rings. The van der Waals surface area contributed by atoms with Crippen molar-refractivity contribution in [3.8, 4) is 11.4 Å². The third kappa shape index (κ3) is 3.76. The van der Waals surface area contributed by atoms with E-state index in [1.807, 2.05) is 35.9 Å². The number of hydrogen-bond donors (Lipinski definition) is 1. The largest absolute Gasteiger partial charge is 0.495 e. The van der Waals surface area contributed by atoms with E-state index in [4.69, 9.17) is 4.74 Å². The second-order valence-corrected chi connectivity index (χ2v) is 6.91. The minimum Gasteiger partial charge on any atom is -0.495 e. The molecule has 1 saturated heterocycles. The van der Waals surface area contributed by atoms with Crippen LogP contribution in [0, 0.1) is 18.6 Å². The highest BCUT2D eigenvalue weighted by Gasteiger charge is 2.28. The van der Waals surface area contributed by atoms with Crippen LogP contribution in [-0.2, 0) is 4.79 Å². The summed E-state index contributed by atoms with van der Waals surface area (Å²) in [4.78, 5) is 16.6. The number of carbonyl (C=O) groups excluding carboxylic acids is 1. The summed E-state index contributed by atoms with van der Waals surface area (Å²) in [5.74, 6) is -1.29. The predicted octanol–water partition coefficient (Wildman–Crippen LogP) is 4.11. The van der Waals surface area contributed by atoms with Crippen LogP contribution in [0.1, 0.15) is 29.3 Å². The number of allylic oxidation sites excluding steroid dienone is 1. The maximum Gasteiger partial charge on any atom is 0.181 e. The molecule has 0 bridgehead atoms. The van der Waals surface area contributed by atoms with Gasteiger partial charge in [0, 0.05) is 12.6 Å². The fourth-order valence-corrected chi connectivity index (χ4v) is 3.38. The molecular formula is C22H19F2N3O2. The fourth-order valence-electron chi connectivity index (χ4n) is 3.38. The summed E-state index contributed by atoms with van der Waals surface area (Å²) in [7, 11) is 1.58. The number of Topliss-reactive ketones (excluding diaryl/α,β-unsaturated/α-hetero) is 1. The second-order valence-electron chi connectivity index (χ2n) is 6.91. The number of ketones is 1. The highest BCUT2D eigenvalue weighted by Crippen LogP contribution is 2.30. The number of aryl methyl sites for hydroxylation is 1. The molecule has 29 heavy (non-hydrogen) atoms. The number of methoxy groups -OCH3 is 1. The zero-order valence-corrected chi connectivity index (χ0v) is 15.9. The van der Waals surface area contributed by atoms with Gasteiger partial charge in [-0.05, 0) is 48.4 Å². The molecule has 148 valence electrons. The average Bonchev–Trinajstić information content (AvgIpc) is 3.30. The highest BCUT2D eigenvalue weighted by molar-refractivity contribution is 6.01. The normalized spacial score (nSPS) is 17.6. The number of imidazole rings is 1. The lowest BCUT2D eigenvalue weighted by atomic mass is 10.0. The Morgan fingerprint density at radius 2 is 2.03 bits per heavy atom. The van der Waals surface area contributed by atoms with Gasteiger partial charge in [-0.1, -0.05) is 12.1 Å². The first-order chi connectivity index (χ1) is 13.9. The predicted molar refractivity (Wildman–Crippen MR) is 105 cm³/mol. The van der Waals surface area contributed by atoms with Crippen LogP contribution >= 0.6 is 0 Å². The number of halogens is 2. The maximum atomic E-state index is 13.5. The van der Waals surface area contributed by atoms with Gasteiger partial charge in [0.15, 0.2) is 17.4 Å². The summed E-state index contributed by atoms with van der Waals surface area (Å²) in [6.07, 6.45) is 5.51. The summed E-state index contributed by atoms with van der Waals surface area (Å²) in [5, 5.41) is 3.11. The Kier molecular flexibility index (Phi) is 4.88. The Hall–Kier alpha value is -3.48. The molecule has 2 aromatic carbocycles. The molecule has 0 radical (unpaired) electrons. The van der Waals surface area contributed by atoms with Crippen LogP contribution in [0.3, 0.4) is 0 Å². The highest BCUT2D eigenvalue weighted by atomic mass is 19.2. The molecule has 5 nitrogen and oxygen atoms in total. The number of ether oxygens (including phenoxy) is 1. The first-order valence-corrected chi connectivity index (χ1v) is 9.10. The molecule has 0 aliphatic carbocycles. The molecule has 0 saturated carbocycles. The van der Waals surface area contributed by atoms with Gasteiger partial charge in [0.1, 0.15) is 5.75 Å². The lowest BCUT2D eigenvalue weighted by Crippen LogP contribution is -2.12. The number of aromatic nitrogens is 2. The Balaban J connectivity index is 1.60. The second kappa shape index (κ2) is 7.50. The van der Waals surface area contributed by atoms with E-state index in [-0.39, 0.29) is 18.2 Å². The standard InChI is InChI=1S/C22H19F2N3O2/c1-13-11-27(12-25-13)20-6-3-14(8-22(20)29-2)7-19-21(28)10-18(26-19)15-4-5-16(23)17(24)9-15/h3-9,11-12,18,26H,10H2,1-2H3/t18-/m0/s1. The molecule has 1 aliphatic heterocycles. The summed E-state index contributed by atoms with van der Waals surface area (Å²) >= 11 is 0. The van der Waals surface area contributed by atoms with Gasteiger partial charge in [-0.25, -0.2) is 13.8 Å². The molecule has 1 atom stereocenters. The fraction of sp³-hybridized carbons (Fsp3) is 0.182. The van der Waals surface area contributed by atoms with E-state index in [9.17, 15) is 13.6 Å². The molecular weight excluding hydrogens is 376 g/mol. The van der Waals surface area contributed by atoms with Crippen molar-refractivity contribution in [2.24, 2.45) is 0 Å². The SMILES string of the molecule is COc1cc(C=C2N[C@H](c3ccc(F)c(F)c3)CC2=O)ccc1-n1cnc(C)c1. The zero-order chi connectivity index (χ0) is 20.5. The van der Waals surface area contributed by atoms with Crippen LogP contribution in [0.15, 0.2) is 54.6 Å². The Morgan fingerprint density at radius 1 is 1.21 bits per heavy atom. The van der Waals surface area contributed by atoms with E-state index < -0.39 is 11.6 Å². The van der Waals surface area contributed by atoms with E-state index >= 15 is 0 Å². The number of nitrogens with zero attached hydrogens (tertiary/aromatic N) is 2. The molecule has 0 spiro atoms. The van der Waals surface area contributed by atoms with E-state index in [0.717, 1.165) is 29.1 Å². The van der Waals surface area contributed by atoms with Crippen LogP contribution in [0.5, 0.6) is 5.75 Å². The van der Waals surface area contributed by atoms with Crippen molar-refractivity contribution in [1.29, 1.82) is 0 Å². The molecule has 3 aromatic rings. The maximum absolute atomic E-state index is 13.5. The number of nitrogens with one attached hydrogen (secondary N) is 1. The van der Waals surface area contributed by atoms with Crippen LogP contribution in [0.25, 0.3) is 11.8 Å². The number of benzene rings is 2. The lowest BCUT2D eigenvalue weighted by Gasteiger charge is -2.12. The molecule has 4 rings (SSSR count). The topological polar surface area (TPSA) is 56.1 Å². The van der Waals surface area contributed by atoms with Crippen LogP contribution in [-0.4, -0.2) is 22.4 Å². The van der Waals surface area contributed by atoms with Gasteiger partial charge in [0.25, 0.3) is 0 Å². The van der Waals surface area contributed by atoms with Gasteiger partial charge in [-0.15, -0.1) is 0 Å². The molecule has 0 amide bonds. The number of hydrogen-bond acceptors (Lipinski definition) is 4. The third-order valence-electron chi connectivity index (χ3n) is 4.87. The van der Waals surface area contributed by atoms with Crippen molar-refractivity contribution in [2.45, 2.75) is 19.4 Å². The first kappa shape index (κ1) is 18.9. The van der Waals surface area contributed by atoms with Gasteiger partial charge < -0.3 is 14.6 Å². The van der Waals surface area contributed by atoms with E-state index in [1.165, 1.54) is 6.07 Å². The van der Waals surface area contributed by atoms with Crippen LogP contribution in [0.4, 0.5) is 8.78 Å². The summed E-state index contributed by atoms with van der Waals surface area (Å²) in [6, 6.07) is 8.88. The van der Waals surface area contributed by atoms with E-state index in [2.05, 4.69) is 10.3 Å². The molecule has 7 heteroatoms. The Labute approximate surface area is 166 Å². The smallest absolute Gasteiger partial charge is 0.181 e. The average molecular weight is 395 g/mol. The van der Waals surface area contributed by atoms with Gasteiger partial charge in [0.05, 0.1) is 36.6 Å². The monoisotopic (exact) mass is 395 g/mol. The Morgan fingerprint density at radius 3 is 2.72 bits per heavy atom. The van der Waals surface area contributed by atoms with E-state index in [1.54, 1.807) is 19.5 Å². The lowest BCUT2D eigenvalue weighted by molar-refractivity contribution is -0.114. The Bertz CT molecular complexity index is 1120. The van der Waals surface area contributed by atoms with Crippen LogP contribution in [0.2, 0.25) is 0 Å². The zero-order valence-electron chi connectivity index (χ0n) is 15.9. The van der Waals surface area contributed by atoms with E-state index in [0.29, 0.717) is 17.0 Å². The number of rotatable bonds is 4. The van der Waals surface area contributed by atoms with Crippen molar-refractivity contribution in [2.75, 3.05) is 7.11 Å². The van der Waals surface area contributed by atoms with Crippen molar-refractivity contribution < 1.29 is 18.3 Å². The molecule has 1 N–H and O–H groups in total. The van der Waals surface area contributed by atoms with Gasteiger partial charge in [0.2, 0.25) is 0 Å². The molecule has 1 fully saturated rings. The summed E-state index contributed by atoms with van der Waals surface area (Å²) in [5.41, 5.74) is 3.46. The quantitative estimate of drug-likeness (QED) is 0.676. The number of carbonyl (C=O) groups is 1. The minimum absolute atomic E-state index is 0.0898. The van der Waals surface area contributed by atoms with Crippen molar-refractivity contribution in [3.63, 3.8) is 0 Å².